The largest absolute Gasteiger partial charge is 0.369 e. The summed E-state index contributed by atoms with van der Waals surface area (Å²) in [6.07, 6.45) is 4.63. The van der Waals surface area contributed by atoms with Crippen LogP contribution in [0.5, 0.6) is 0 Å². The number of hydrogen-bond donors (Lipinski definition) is 4. The number of aromatic amines is 1. The fourth-order valence-electron chi connectivity index (χ4n) is 5.29. The minimum absolute atomic E-state index is 0.0493. The van der Waals surface area contributed by atoms with E-state index < -0.39 is 18.6 Å². The van der Waals surface area contributed by atoms with Crippen LogP contribution in [0.25, 0.3) is 0 Å². The molecule has 0 saturated carbocycles. The van der Waals surface area contributed by atoms with E-state index in [4.69, 9.17) is 4.74 Å². The van der Waals surface area contributed by atoms with E-state index in [-0.39, 0.29) is 43.0 Å². The highest BCUT2D eigenvalue weighted by molar-refractivity contribution is 5.90. The first-order valence-corrected chi connectivity index (χ1v) is 13.4. The minimum atomic E-state index is -0.735. The highest BCUT2D eigenvalue weighted by atomic mass is 19.1. The monoisotopic (exact) mass is 527 g/mol. The molecule has 4 rings (SSSR count). The number of carbonyl (C=O) groups excluding carboxylic acids is 3. The summed E-state index contributed by atoms with van der Waals surface area (Å²) in [7, 11) is 0. The van der Waals surface area contributed by atoms with Crippen molar-refractivity contribution >= 4 is 23.4 Å². The number of rotatable bonds is 12. The summed E-state index contributed by atoms with van der Waals surface area (Å²) in [5, 5.41) is 8.96. The van der Waals surface area contributed by atoms with Crippen molar-refractivity contribution in [1.82, 2.24) is 20.9 Å². The first-order valence-electron chi connectivity index (χ1n) is 13.4. The quantitative estimate of drug-likeness (QED) is 0.315. The van der Waals surface area contributed by atoms with Gasteiger partial charge in [-0.15, -0.1) is 0 Å². The number of para-hydroxylation sites is 1. The molecule has 2 aliphatic rings. The van der Waals surface area contributed by atoms with Crippen LogP contribution >= 0.6 is 0 Å². The van der Waals surface area contributed by atoms with Gasteiger partial charge in [0.1, 0.15) is 25.4 Å². The zero-order valence-electron chi connectivity index (χ0n) is 22.1. The molecular weight excluding hydrogens is 489 g/mol. The van der Waals surface area contributed by atoms with E-state index in [1.165, 1.54) is 5.56 Å². The van der Waals surface area contributed by atoms with Gasteiger partial charge in [0, 0.05) is 36.6 Å². The summed E-state index contributed by atoms with van der Waals surface area (Å²) in [5.74, 6) is -0.865. The van der Waals surface area contributed by atoms with E-state index in [1.54, 1.807) is 0 Å². The molecule has 0 radical (unpaired) electrons. The molecule has 0 saturated heterocycles. The number of aromatic nitrogens is 1. The number of amides is 3. The third-order valence-electron chi connectivity index (χ3n) is 7.49. The lowest BCUT2D eigenvalue weighted by Crippen LogP contribution is -2.56. The zero-order valence-corrected chi connectivity index (χ0v) is 22.1. The van der Waals surface area contributed by atoms with Crippen LogP contribution in [-0.2, 0) is 38.5 Å². The van der Waals surface area contributed by atoms with Gasteiger partial charge in [-0.05, 0) is 42.0 Å². The lowest BCUT2D eigenvalue weighted by Gasteiger charge is -2.31. The summed E-state index contributed by atoms with van der Waals surface area (Å²) < 4.78 is 17.3. The van der Waals surface area contributed by atoms with Crippen molar-refractivity contribution in [2.24, 2.45) is 5.92 Å². The Kier molecular flexibility index (Phi) is 9.38. The summed E-state index contributed by atoms with van der Waals surface area (Å²) in [5.41, 5.74) is 4.35. The van der Waals surface area contributed by atoms with Gasteiger partial charge in [-0.1, -0.05) is 38.5 Å². The van der Waals surface area contributed by atoms with Gasteiger partial charge in [-0.25, -0.2) is 4.39 Å². The SMILES string of the molecule is CC[C@H](C)[C@H](NC(=O)COCCF)C(=O)N[C@H]1CCc2cccc3c2N(C1)[C@H](C(=O)NCc1ccc[nH]1)C3. The number of H-pyrrole nitrogens is 1. The molecule has 3 heterocycles. The van der Waals surface area contributed by atoms with E-state index in [1.807, 2.05) is 38.2 Å². The second-order valence-electron chi connectivity index (χ2n) is 10.1. The van der Waals surface area contributed by atoms with Gasteiger partial charge in [0.15, 0.2) is 0 Å². The summed E-state index contributed by atoms with van der Waals surface area (Å²) in [4.78, 5) is 44.2. The lowest BCUT2D eigenvalue weighted by molar-refractivity contribution is -0.133. The van der Waals surface area contributed by atoms with Crippen LogP contribution in [0.15, 0.2) is 36.5 Å². The molecule has 1 aromatic heterocycles. The number of hydrogen-bond acceptors (Lipinski definition) is 5. The van der Waals surface area contributed by atoms with E-state index in [2.05, 4.69) is 38.0 Å². The number of aryl methyl sites for hydroxylation is 1. The average molecular weight is 528 g/mol. The van der Waals surface area contributed by atoms with Crippen molar-refractivity contribution in [3.63, 3.8) is 0 Å². The molecule has 2 aliphatic heterocycles. The first kappa shape index (κ1) is 27.6. The van der Waals surface area contributed by atoms with Gasteiger partial charge >= 0.3 is 0 Å². The topological polar surface area (TPSA) is 116 Å². The Hall–Kier alpha value is -3.40. The Morgan fingerprint density at radius 2 is 2.03 bits per heavy atom. The Bertz CT molecular complexity index is 1110. The highest BCUT2D eigenvalue weighted by Gasteiger charge is 2.39. The summed E-state index contributed by atoms with van der Waals surface area (Å²) >= 11 is 0. The number of ether oxygens (including phenoxy) is 1. The number of benzene rings is 1. The average Bonchev–Trinajstić information content (AvgIpc) is 3.52. The maximum absolute atomic E-state index is 13.4. The van der Waals surface area contributed by atoms with Crippen LogP contribution in [-0.4, -0.2) is 67.3 Å². The number of alkyl halides is 1. The number of halogens is 1. The van der Waals surface area contributed by atoms with Crippen molar-refractivity contribution in [2.75, 3.05) is 31.3 Å². The molecule has 0 aliphatic carbocycles. The molecule has 9 nitrogen and oxygen atoms in total. The molecule has 2 aromatic rings. The van der Waals surface area contributed by atoms with E-state index in [0.29, 0.717) is 25.9 Å². The lowest BCUT2D eigenvalue weighted by atomic mass is 9.97. The normalized spacial score (nSPS) is 19.7. The van der Waals surface area contributed by atoms with Crippen LogP contribution in [0.2, 0.25) is 0 Å². The highest BCUT2D eigenvalue weighted by Crippen LogP contribution is 2.38. The Balaban J connectivity index is 1.45. The molecule has 0 fully saturated rings. The molecule has 4 N–H and O–H groups in total. The Labute approximate surface area is 222 Å². The maximum Gasteiger partial charge on any atom is 0.246 e. The fourth-order valence-corrected chi connectivity index (χ4v) is 5.29. The van der Waals surface area contributed by atoms with Gasteiger partial charge in [0.25, 0.3) is 0 Å². The third-order valence-corrected chi connectivity index (χ3v) is 7.49. The van der Waals surface area contributed by atoms with Crippen molar-refractivity contribution in [3.05, 3.63) is 53.3 Å². The molecule has 3 amide bonds. The Morgan fingerprint density at radius 1 is 1.21 bits per heavy atom. The molecule has 10 heteroatoms. The van der Waals surface area contributed by atoms with E-state index in [9.17, 15) is 18.8 Å². The summed E-state index contributed by atoms with van der Waals surface area (Å²) in [6.45, 7) is 3.67. The molecule has 38 heavy (non-hydrogen) atoms. The second kappa shape index (κ2) is 12.9. The number of carbonyl (C=O) groups is 3. The number of nitrogens with zero attached hydrogens (tertiary/aromatic N) is 1. The smallest absolute Gasteiger partial charge is 0.246 e. The molecule has 0 bridgehead atoms. The van der Waals surface area contributed by atoms with E-state index in [0.717, 1.165) is 29.8 Å². The van der Waals surface area contributed by atoms with Crippen molar-refractivity contribution in [1.29, 1.82) is 0 Å². The molecule has 0 unspecified atom stereocenters. The molecule has 206 valence electrons. The van der Waals surface area contributed by atoms with Crippen LogP contribution in [0.1, 0.15) is 43.5 Å². The molecular formula is C28H38FN5O4. The number of anilines is 1. The van der Waals surface area contributed by atoms with Crippen molar-refractivity contribution < 1.29 is 23.5 Å². The van der Waals surface area contributed by atoms with Crippen LogP contribution in [0, 0.1) is 5.92 Å². The van der Waals surface area contributed by atoms with Crippen LogP contribution in [0.4, 0.5) is 10.1 Å². The van der Waals surface area contributed by atoms with Crippen LogP contribution in [0.3, 0.4) is 0 Å². The predicted octanol–water partition coefficient (Wildman–Crippen LogP) is 2.01. The minimum Gasteiger partial charge on any atom is -0.369 e. The Morgan fingerprint density at radius 3 is 2.76 bits per heavy atom. The van der Waals surface area contributed by atoms with E-state index >= 15 is 0 Å². The standard InChI is InChI=1S/C28H38FN5O4/c1-3-18(2)25(33-24(35)17-38-13-11-29)28(37)32-22-10-9-19-6-4-7-20-14-23(34(16-22)26(19)20)27(36)31-15-21-8-5-12-30-21/h4-8,12,18,22-23,25,30H,3,9-11,13-17H2,1-2H3,(H,31,36)(H,32,37)(H,33,35)/t18-,22-,23-,25-/m0/s1. The molecule has 4 atom stereocenters. The zero-order chi connectivity index (χ0) is 27.1. The fraction of sp³-hybridized carbons (Fsp3) is 0.536. The molecule has 0 spiro atoms. The summed E-state index contributed by atoms with van der Waals surface area (Å²) in [6, 6.07) is 8.72. The van der Waals surface area contributed by atoms with Gasteiger partial charge < -0.3 is 30.6 Å². The first-order chi connectivity index (χ1) is 18.4. The second-order valence-corrected chi connectivity index (χ2v) is 10.1. The van der Waals surface area contributed by atoms with Gasteiger partial charge in [-0.3, -0.25) is 14.4 Å². The number of nitrogens with one attached hydrogen (secondary N) is 4. The van der Waals surface area contributed by atoms with Crippen molar-refractivity contribution in [3.8, 4) is 0 Å². The van der Waals surface area contributed by atoms with Gasteiger partial charge in [-0.2, -0.15) is 0 Å². The maximum atomic E-state index is 13.4. The third kappa shape index (κ3) is 6.53. The predicted molar refractivity (Wildman–Crippen MR) is 142 cm³/mol. The van der Waals surface area contributed by atoms with Crippen molar-refractivity contribution in [2.45, 2.75) is 64.2 Å². The van der Waals surface area contributed by atoms with Crippen LogP contribution < -0.4 is 20.9 Å². The van der Waals surface area contributed by atoms with Gasteiger partial charge in [0.2, 0.25) is 17.7 Å². The molecule has 1 aromatic carbocycles. The van der Waals surface area contributed by atoms with Gasteiger partial charge in [0.05, 0.1) is 13.2 Å².